The van der Waals surface area contributed by atoms with E-state index in [-0.39, 0.29) is 11.8 Å². The first-order valence-electron chi connectivity index (χ1n) is 11.1. The molecule has 1 aliphatic heterocycles. The van der Waals surface area contributed by atoms with Gasteiger partial charge in [-0.15, -0.1) is 10.2 Å². The third-order valence-corrected chi connectivity index (χ3v) is 5.06. The number of azo groups is 1. The summed E-state index contributed by atoms with van der Waals surface area (Å²) in [5.74, 6) is 1.33. The third kappa shape index (κ3) is 6.20. The molecule has 36 heavy (non-hydrogen) atoms. The number of carbonyl (C=O) groups is 2. The number of ether oxygens (including phenoxy) is 2. The van der Waals surface area contributed by atoms with Gasteiger partial charge in [-0.25, -0.2) is 9.78 Å². The van der Waals surface area contributed by atoms with Gasteiger partial charge in [-0.05, 0) is 42.7 Å². The molecule has 3 N–H and O–H groups in total. The predicted octanol–water partition coefficient (Wildman–Crippen LogP) is 5.60. The summed E-state index contributed by atoms with van der Waals surface area (Å²) in [5, 5.41) is 15.6. The van der Waals surface area contributed by atoms with E-state index in [9.17, 15) is 9.59 Å². The van der Waals surface area contributed by atoms with E-state index in [0.717, 1.165) is 0 Å². The number of carbonyl (C=O) groups excluding carboxylic acids is 2. The van der Waals surface area contributed by atoms with E-state index in [4.69, 9.17) is 9.47 Å². The van der Waals surface area contributed by atoms with Crippen molar-refractivity contribution in [3.05, 3.63) is 71.7 Å². The minimum absolute atomic E-state index is 0.0564. The van der Waals surface area contributed by atoms with Crippen molar-refractivity contribution in [2.24, 2.45) is 10.2 Å². The predicted molar refractivity (Wildman–Crippen MR) is 135 cm³/mol. The van der Waals surface area contributed by atoms with Crippen molar-refractivity contribution < 1.29 is 19.1 Å². The molecule has 1 aliphatic rings. The Kier molecular flexibility index (Phi) is 7.19. The average molecular weight is 488 g/mol. The Morgan fingerprint density at radius 2 is 1.64 bits per heavy atom. The maximum atomic E-state index is 12.5. The number of rotatable bonds is 8. The highest BCUT2D eigenvalue weighted by molar-refractivity contribution is 6.00. The highest BCUT2D eigenvalue weighted by Crippen LogP contribution is 2.33. The van der Waals surface area contributed by atoms with Crippen molar-refractivity contribution in [2.45, 2.75) is 26.7 Å². The number of anilines is 3. The SMILES string of the molecule is COc1cc(NC(=O)Nc2ccc(C(C)C)cc2)ccc1Oc1nc(C)cc(NC2=CC(=O)N=N2)n1. The molecule has 0 atom stereocenters. The Bertz CT molecular complexity index is 1350. The van der Waals surface area contributed by atoms with Crippen LogP contribution in [0.4, 0.5) is 22.0 Å². The Labute approximate surface area is 207 Å². The highest BCUT2D eigenvalue weighted by Gasteiger charge is 2.14. The smallest absolute Gasteiger partial charge is 0.324 e. The van der Waals surface area contributed by atoms with Crippen molar-refractivity contribution in [1.29, 1.82) is 0 Å². The molecule has 0 saturated carbocycles. The van der Waals surface area contributed by atoms with E-state index in [2.05, 4.69) is 50.0 Å². The minimum atomic E-state index is -0.448. The standard InChI is InChI=1S/C25H25N7O4/c1-14(2)16-5-7-17(8-6-16)27-24(34)28-18-9-10-19(20(12-18)35-4)36-25-26-15(3)11-21(30-25)29-22-13-23(33)32-31-22/h5-14H,1-4H3,(H,26,29,30)(H2,27,28,34). The van der Waals surface area contributed by atoms with Crippen LogP contribution in [0, 0.1) is 6.92 Å². The molecule has 0 aliphatic carbocycles. The van der Waals surface area contributed by atoms with E-state index >= 15 is 0 Å². The number of nitrogens with zero attached hydrogens (tertiary/aromatic N) is 4. The van der Waals surface area contributed by atoms with Crippen LogP contribution in [0.3, 0.4) is 0 Å². The summed E-state index contributed by atoms with van der Waals surface area (Å²) >= 11 is 0. The van der Waals surface area contributed by atoms with Crippen LogP contribution in [0.1, 0.15) is 31.0 Å². The van der Waals surface area contributed by atoms with Crippen LogP contribution in [0.5, 0.6) is 17.5 Å². The number of aromatic nitrogens is 2. The molecule has 0 fully saturated rings. The molecular formula is C25H25N7O4. The molecule has 2 aromatic carbocycles. The molecule has 184 valence electrons. The first-order chi connectivity index (χ1) is 17.3. The fraction of sp³-hybridized carbons (Fsp3) is 0.200. The van der Waals surface area contributed by atoms with Crippen LogP contribution in [0.2, 0.25) is 0 Å². The normalized spacial score (nSPS) is 12.4. The first kappa shape index (κ1) is 24.3. The zero-order valence-corrected chi connectivity index (χ0v) is 20.2. The van der Waals surface area contributed by atoms with Gasteiger partial charge in [0.1, 0.15) is 5.82 Å². The number of hydrogen-bond acceptors (Lipinski definition) is 8. The van der Waals surface area contributed by atoms with E-state index < -0.39 is 11.9 Å². The van der Waals surface area contributed by atoms with E-state index in [0.29, 0.717) is 40.3 Å². The number of nitrogens with one attached hydrogen (secondary N) is 3. The van der Waals surface area contributed by atoms with Crippen LogP contribution in [0.15, 0.2) is 70.7 Å². The topological polar surface area (TPSA) is 139 Å². The molecule has 11 nitrogen and oxygen atoms in total. The van der Waals surface area contributed by atoms with Gasteiger partial charge >= 0.3 is 12.0 Å². The summed E-state index contributed by atoms with van der Waals surface area (Å²) in [6, 6.07) is 14.0. The second-order valence-corrected chi connectivity index (χ2v) is 8.19. The molecule has 0 saturated heterocycles. The molecule has 0 spiro atoms. The summed E-state index contributed by atoms with van der Waals surface area (Å²) < 4.78 is 11.3. The molecule has 1 aromatic heterocycles. The summed E-state index contributed by atoms with van der Waals surface area (Å²) in [4.78, 5) is 32.3. The number of hydrogen-bond donors (Lipinski definition) is 3. The fourth-order valence-electron chi connectivity index (χ4n) is 3.29. The van der Waals surface area contributed by atoms with Crippen LogP contribution in [-0.2, 0) is 4.79 Å². The molecule has 2 heterocycles. The second kappa shape index (κ2) is 10.6. The number of benzene rings is 2. The monoisotopic (exact) mass is 487 g/mol. The molecule has 0 radical (unpaired) electrons. The highest BCUT2D eigenvalue weighted by atomic mass is 16.5. The third-order valence-electron chi connectivity index (χ3n) is 5.06. The molecule has 3 amide bonds. The van der Waals surface area contributed by atoms with E-state index in [1.54, 1.807) is 31.2 Å². The van der Waals surface area contributed by atoms with Crippen molar-refractivity contribution in [2.75, 3.05) is 23.1 Å². The molecule has 11 heteroatoms. The second-order valence-electron chi connectivity index (χ2n) is 8.19. The van der Waals surface area contributed by atoms with Gasteiger partial charge in [-0.3, -0.25) is 4.79 Å². The van der Waals surface area contributed by atoms with Crippen LogP contribution in [-0.4, -0.2) is 29.0 Å². The fourth-order valence-corrected chi connectivity index (χ4v) is 3.29. The minimum Gasteiger partial charge on any atom is -0.493 e. The molecule has 0 unspecified atom stereocenters. The lowest BCUT2D eigenvalue weighted by Gasteiger charge is -2.13. The van der Waals surface area contributed by atoms with E-state index in [1.807, 2.05) is 24.3 Å². The number of methoxy groups -OCH3 is 1. The van der Waals surface area contributed by atoms with Crippen molar-refractivity contribution >= 4 is 29.1 Å². The van der Waals surface area contributed by atoms with Gasteiger partial charge in [0.05, 0.1) is 13.2 Å². The van der Waals surface area contributed by atoms with Crippen molar-refractivity contribution in [3.63, 3.8) is 0 Å². The molecule has 4 rings (SSSR count). The van der Waals surface area contributed by atoms with Crippen molar-refractivity contribution in [1.82, 2.24) is 9.97 Å². The van der Waals surface area contributed by atoms with Gasteiger partial charge < -0.3 is 25.4 Å². The maximum Gasteiger partial charge on any atom is 0.324 e. The molecule has 3 aromatic rings. The Morgan fingerprint density at radius 1 is 0.917 bits per heavy atom. The van der Waals surface area contributed by atoms with Crippen molar-refractivity contribution in [3.8, 4) is 17.5 Å². The number of urea groups is 1. The molecule has 0 bridgehead atoms. The largest absolute Gasteiger partial charge is 0.493 e. The average Bonchev–Trinajstić information content (AvgIpc) is 3.24. The lowest BCUT2D eigenvalue weighted by molar-refractivity contribution is -0.113. The zero-order valence-electron chi connectivity index (χ0n) is 20.2. The summed E-state index contributed by atoms with van der Waals surface area (Å²) in [6.45, 7) is 6.00. The summed E-state index contributed by atoms with van der Waals surface area (Å²) in [6.07, 6.45) is 1.25. The lowest BCUT2D eigenvalue weighted by Crippen LogP contribution is -2.19. The van der Waals surface area contributed by atoms with Gasteiger partial charge in [0.15, 0.2) is 17.3 Å². The number of amides is 3. The van der Waals surface area contributed by atoms with Gasteiger partial charge in [0.25, 0.3) is 5.91 Å². The lowest BCUT2D eigenvalue weighted by atomic mass is 10.0. The van der Waals surface area contributed by atoms with Crippen LogP contribution < -0.4 is 25.4 Å². The maximum absolute atomic E-state index is 12.5. The zero-order chi connectivity index (χ0) is 25.7. The Hall–Kier alpha value is -4.80. The van der Waals surface area contributed by atoms with E-state index in [1.165, 1.54) is 18.7 Å². The van der Waals surface area contributed by atoms with Gasteiger partial charge in [0.2, 0.25) is 0 Å². The van der Waals surface area contributed by atoms with Crippen LogP contribution >= 0.6 is 0 Å². The Balaban J connectivity index is 1.43. The summed E-state index contributed by atoms with van der Waals surface area (Å²) in [7, 11) is 1.49. The van der Waals surface area contributed by atoms with Gasteiger partial charge in [0, 0.05) is 29.2 Å². The quantitative estimate of drug-likeness (QED) is 0.376. The van der Waals surface area contributed by atoms with Gasteiger partial charge in [-0.1, -0.05) is 26.0 Å². The summed E-state index contributed by atoms with van der Waals surface area (Å²) in [5.41, 5.74) is 3.01. The van der Waals surface area contributed by atoms with Gasteiger partial charge in [-0.2, -0.15) is 4.98 Å². The first-order valence-corrected chi connectivity index (χ1v) is 11.1. The molecular weight excluding hydrogens is 462 g/mol. The number of aryl methyl sites for hydroxylation is 1. The Morgan fingerprint density at radius 3 is 2.31 bits per heavy atom. The van der Waals surface area contributed by atoms with Crippen LogP contribution in [0.25, 0.3) is 0 Å².